The number of hydrogen-bond acceptors (Lipinski definition) is 6. The van der Waals surface area contributed by atoms with Crippen LogP contribution in [0.2, 0.25) is 0 Å². The number of carbonyl (C=O) groups excluding carboxylic acids is 2. The first kappa shape index (κ1) is 21.2. The average molecular weight is 410 g/mol. The van der Waals surface area contributed by atoms with Crippen LogP contribution in [0.25, 0.3) is 5.57 Å². The Morgan fingerprint density at radius 3 is 2.17 bits per heavy atom. The van der Waals surface area contributed by atoms with Gasteiger partial charge in [0, 0.05) is 18.3 Å². The summed E-state index contributed by atoms with van der Waals surface area (Å²) in [5.74, 6) is 1.09. The van der Waals surface area contributed by atoms with E-state index >= 15 is 0 Å². The largest absolute Gasteiger partial charge is 0.493 e. The van der Waals surface area contributed by atoms with Crippen LogP contribution in [0.15, 0.2) is 48.2 Å². The first-order valence-corrected chi connectivity index (χ1v) is 9.76. The van der Waals surface area contributed by atoms with E-state index in [0.717, 1.165) is 0 Å². The molecule has 2 aromatic rings. The third-order valence-corrected chi connectivity index (χ3v) is 4.65. The van der Waals surface area contributed by atoms with Crippen LogP contribution in [0.3, 0.4) is 0 Å². The van der Waals surface area contributed by atoms with E-state index in [1.807, 2.05) is 13.8 Å². The van der Waals surface area contributed by atoms with Crippen LogP contribution in [0.5, 0.6) is 17.2 Å². The molecule has 2 amide bonds. The van der Waals surface area contributed by atoms with Gasteiger partial charge < -0.3 is 19.5 Å². The number of anilines is 1. The van der Waals surface area contributed by atoms with Gasteiger partial charge in [-0.15, -0.1) is 0 Å². The van der Waals surface area contributed by atoms with Crippen molar-refractivity contribution in [2.45, 2.75) is 26.9 Å². The number of hydrogen-bond donors (Lipinski definition) is 1. The average Bonchev–Trinajstić information content (AvgIpc) is 2.97. The first-order chi connectivity index (χ1) is 14.4. The molecule has 0 saturated carbocycles. The maximum Gasteiger partial charge on any atom is 0.278 e. The van der Waals surface area contributed by atoms with Crippen LogP contribution >= 0.6 is 0 Å². The highest BCUT2D eigenvalue weighted by Gasteiger charge is 2.38. The van der Waals surface area contributed by atoms with E-state index in [1.165, 1.54) is 12.0 Å². The maximum atomic E-state index is 13.0. The van der Waals surface area contributed by atoms with Crippen LogP contribution in [-0.4, -0.2) is 43.6 Å². The van der Waals surface area contributed by atoms with Crippen LogP contribution < -0.4 is 19.5 Å². The molecule has 7 heteroatoms. The van der Waals surface area contributed by atoms with Gasteiger partial charge in [-0.25, -0.2) is 0 Å². The summed E-state index contributed by atoms with van der Waals surface area (Å²) in [6.07, 6.45) is 0.0441. The number of amides is 2. The zero-order chi connectivity index (χ0) is 21.8. The summed E-state index contributed by atoms with van der Waals surface area (Å²) < 4.78 is 16.3. The minimum Gasteiger partial charge on any atom is -0.493 e. The Bertz CT molecular complexity index is 980. The third-order valence-electron chi connectivity index (χ3n) is 4.65. The zero-order valence-corrected chi connectivity index (χ0v) is 17.8. The highest BCUT2D eigenvalue weighted by Crippen LogP contribution is 2.34. The Morgan fingerprint density at radius 2 is 1.60 bits per heavy atom. The summed E-state index contributed by atoms with van der Waals surface area (Å²) in [6, 6.07) is 12.4. The van der Waals surface area contributed by atoms with E-state index in [-0.39, 0.29) is 30.2 Å². The predicted octanol–water partition coefficient (Wildman–Crippen LogP) is 3.70. The number of nitrogens with one attached hydrogen (secondary N) is 1. The van der Waals surface area contributed by atoms with E-state index in [4.69, 9.17) is 14.2 Å². The van der Waals surface area contributed by atoms with Crippen molar-refractivity contribution in [3.05, 3.63) is 53.7 Å². The molecule has 7 nitrogen and oxygen atoms in total. The molecule has 1 N–H and O–H groups in total. The van der Waals surface area contributed by atoms with Gasteiger partial charge in [-0.05, 0) is 50.6 Å². The molecule has 0 bridgehead atoms. The van der Waals surface area contributed by atoms with Gasteiger partial charge >= 0.3 is 0 Å². The molecule has 0 aliphatic carbocycles. The quantitative estimate of drug-likeness (QED) is 0.669. The van der Waals surface area contributed by atoms with Crippen molar-refractivity contribution in [1.29, 1.82) is 0 Å². The lowest BCUT2D eigenvalue weighted by molar-refractivity contribution is -0.136. The number of carbonyl (C=O) groups is 2. The van der Waals surface area contributed by atoms with Gasteiger partial charge in [-0.2, -0.15) is 0 Å². The standard InChI is InChI=1S/C23H26N2O5/c1-6-25-22(26)20(15-7-10-17(11-8-15)30-14(2)3)21(23(25)27)24-16-9-12-18(28-4)19(13-16)29-5/h7-14,24H,6H2,1-5H3. The minimum absolute atomic E-state index is 0.0441. The molecule has 158 valence electrons. The van der Waals surface area contributed by atoms with Crippen molar-refractivity contribution >= 4 is 23.1 Å². The number of methoxy groups -OCH3 is 2. The molecule has 0 atom stereocenters. The fourth-order valence-corrected chi connectivity index (χ4v) is 3.28. The predicted molar refractivity (Wildman–Crippen MR) is 115 cm³/mol. The highest BCUT2D eigenvalue weighted by atomic mass is 16.5. The van der Waals surface area contributed by atoms with E-state index in [0.29, 0.717) is 34.1 Å². The normalized spacial score (nSPS) is 13.9. The smallest absolute Gasteiger partial charge is 0.278 e. The summed E-state index contributed by atoms with van der Waals surface area (Å²) in [5, 5.41) is 3.11. The molecule has 3 rings (SSSR count). The molecular weight excluding hydrogens is 384 g/mol. The summed E-state index contributed by atoms with van der Waals surface area (Å²) in [7, 11) is 3.09. The Hall–Kier alpha value is -3.48. The Morgan fingerprint density at radius 1 is 0.933 bits per heavy atom. The van der Waals surface area contributed by atoms with Crippen molar-refractivity contribution in [3.63, 3.8) is 0 Å². The molecule has 1 aliphatic heterocycles. The highest BCUT2D eigenvalue weighted by molar-refractivity contribution is 6.36. The van der Waals surface area contributed by atoms with Crippen molar-refractivity contribution in [1.82, 2.24) is 4.90 Å². The number of imide groups is 1. The van der Waals surface area contributed by atoms with Gasteiger partial charge in [0.1, 0.15) is 11.4 Å². The second-order valence-electron chi connectivity index (χ2n) is 6.99. The van der Waals surface area contributed by atoms with Crippen LogP contribution in [0.4, 0.5) is 5.69 Å². The van der Waals surface area contributed by atoms with Crippen LogP contribution in [0, 0.1) is 0 Å². The van der Waals surface area contributed by atoms with Crippen LogP contribution in [-0.2, 0) is 9.59 Å². The fraction of sp³-hybridized carbons (Fsp3) is 0.304. The molecular formula is C23H26N2O5. The van der Waals surface area contributed by atoms with Gasteiger partial charge in [0.2, 0.25) is 0 Å². The monoisotopic (exact) mass is 410 g/mol. The summed E-state index contributed by atoms with van der Waals surface area (Å²) in [4.78, 5) is 27.1. The number of benzene rings is 2. The van der Waals surface area contributed by atoms with Gasteiger partial charge in [0.05, 0.1) is 25.9 Å². The van der Waals surface area contributed by atoms with Crippen molar-refractivity contribution < 1.29 is 23.8 Å². The lowest BCUT2D eigenvalue weighted by Gasteiger charge is -2.13. The lowest BCUT2D eigenvalue weighted by atomic mass is 10.0. The van der Waals surface area contributed by atoms with E-state index in [1.54, 1.807) is 56.5 Å². The number of rotatable bonds is 8. The zero-order valence-electron chi connectivity index (χ0n) is 17.8. The van der Waals surface area contributed by atoms with Gasteiger partial charge in [-0.1, -0.05) is 12.1 Å². The van der Waals surface area contributed by atoms with E-state index in [2.05, 4.69) is 5.32 Å². The van der Waals surface area contributed by atoms with Crippen molar-refractivity contribution in [2.75, 3.05) is 26.1 Å². The molecule has 0 unspecified atom stereocenters. The molecule has 0 aromatic heterocycles. The first-order valence-electron chi connectivity index (χ1n) is 9.76. The summed E-state index contributed by atoms with van der Waals surface area (Å²) in [6.45, 7) is 5.94. The van der Waals surface area contributed by atoms with Crippen LogP contribution in [0.1, 0.15) is 26.3 Å². The maximum absolute atomic E-state index is 13.0. The third kappa shape index (κ3) is 4.10. The lowest BCUT2D eigenvalue weighted by Crippen LogP contribution is -2.32. The number of ether oxygens (including phenoxy) is 3. The molecule has 1 aliphatic rings. The molecule has 1 heterocycles. The van der Waals surface area contributed by atoms with Gasteiger partial charge in [0.25, 0.3) is 11.8 Å². The molecule has 30 heavy (non-hydrogen) atoms. The Labute approximate surface area is 176 Å². The summed E-state index contributed by atoms with van der Waals surface area (Å²) in [5.41, 5.74) is 1.81. The fourth-order valence-electron chi connectivity index (χ4n) is 3.28. The second kappa shape index (κ2) is 8.90. The molecule has 0 fully saturated rings. The summed E-state index contributed by atoms with van der Waals surface area (Å²) >= 11 is 0. The SMILES string of the molecule is CCN1C(=O)C(Nc2ccc(OC)c(OC)c2)=C(c2ccc(OC(C)C)cc2)C1=O. The number of nitrogens with zero attached hydrogens (tertiary/aromatic N) is 1. The molecule has 2 aromatic carbocycles. The minimum atomic E-state index is -0.366. The van der Waals surface area contributed by atoms with Crippen molar-refractivity contribution in [2.24, 2.45) is 0 Å². The van der Waals surface area contributed by atoms with Gasteiger partial charge in [0.15, 0.2) is 11.5 Å². The molecule has 0 spiro atoms. The topological polar surface area (TPSA) is 77.1 Å². The van der Waals surface area contributed by atoms with E-state index < -0.39 is 0 Å². The van der Waals surface area contributed by atoms with Crippen molar-refractivity contribution in [3.8, 4) is 17.2 Å². The van der Waals surface area contributed by atoms with Gasteiger partial charge in [-0.3, -0.25) is 14.5 Å². The Balaban J connectivity index is 2.01. The van der Waals surface area contributed by atoms with E-state index in [9.17, 15) is 9.59 Å². The number of likely N-dealkylation sites (N-methyl/N-ethyl adjacent to an activating group) is 1. The molecule has 0 saturated heterocycles. The second-order valence-corrected chi connectivity index (χ2v) is 6.99. The molecule has 0 radical (unpaired) electrons. The Kier molecular flexibility index (Phi) is 6.30.